The first-order valence-corrected chi connectivity index (χ1v) is 7.51. The smallest absolute Gasteiger partial charge is 0.275 e. The summed E-state index contributed by atoms with van der Waals surface area (Å²) in [6, 6.07) is 4.77. The summed E-state index contributed by atoms with van der Waals surface area (Å²) < 4.78 is 18.5. The molecular formula is C16H25FN3O3+. The van der Waals surface area contributed by atoms with Crippen LogP contribution in [0.15, 0.2) is 18.2 Å². The highest BCUT2D eigenvalue weighted by Crippen LogP contribution is 2.16. The third-order valence-electron chi connectivity index (χ3n) is 3.08. The number of amides is 2. The Morgan fingerprint density at radius 3 is 2.57 bits per heavy atom. The lowest BCUT2D eigenvalue weighted by atomic mass is 10.2. The number of methoxy groups -OCH3 is 1. The molecule has 0 spiro atoms. The molecule has 1 unspecified atom stereocenters. The van der Waals surface area contributed by atoms with E-state index in [0.717, 1.165) is 10.5 Å². The molecule has 0 saturated carbocycles. The van der Waals surface area contributed by atoms with Crippen molar-refractivity contribution in [2.24, 2.45) is 0 Å². The molecule has 3 N–H and O–H groups in total. The summed E-state index contributed by atoms with van der Waals surface area (Å²) in [7, 11) is 3.24. The number of quaternary nitrogens is 1. The Balaban J connectivity index is 2.41. The number of carbonyl (C=O) groups is 2. The van der Waals surface area contributed by atoms with E-state index in [-0.39, 0.29) is 36.7 Å². The Kier molecular flexibility index (Phi) is 7.47. The van der Waals surface area contributed by atoms with Crippen LogP contribution in [0.3, 0.4) is 0 Å². The van der Waals surface area contributed by atoms with Crippen LogP contribution in [0.4, 0.5) is 4.39 Å². The van der Waals surface area contributed by atoms with Gasteiger partial charge in [0.2, 0.25) is 5.91 Å². The first kappa shape index (κ1) is 18.9. The molecule has 1 aromatic rings. The molecule has 0 radical (unpaired) electrons. The van der Waals surface area contributed by atoms with Gasteiger partial charge >= 0.3 is 0 Å². The van der Waals surface area contributed by atoms with Crippen LogP contribution in [-0.4, -0.2) is 45.1 Å². The van der Waals surface area contributed by atoms with E-state index < -0.39 is 5.82 Å². The van der Waals surface area contributed by atoms with Gasteiger partial charge in [-0.05, 0) is 32.0 Å². The molecule has 128 valence electrons. The van der Waals surface area contributed by atoms with Crippen LogP contribution in [0.5, 0.6) is 5.75 Å². The fourth-order valence-corrected chi connectivity index (χ4v) is 2.12. The lowest BCUT2D eigenvalue weighted by molar-refractivity contribution is -0.885. The first-order valence-electron chi connectivity index (χ1n) is 7.51. The van der Waals surface area contributed by atoms with Gasteiger partial charge in [0.1, 0.15) is 6.54 Å². The van der Waals surface area contributed by atoms with Crippen molar-refractivity contribution in [2.45, 2.75) is 26.4 Å². The van der Waals surface area contributed by atoms with E-state index in [1.165, 1.54) is 13.2 Å². The molecule has 1 rings (SSSR count). The Morgan fingerprint density at radius 1 is 1.30 bits per heavy atom. The predicted molar refractivity (Wildman–Crippen MR) is 84.7 cm³/mol. The standard InChI is InChI=1S/C16H24FN3O3/c1-11(2)19-15(21)8-18-16(22)10-20(3)9-12-5-6-14(23-4)13(17)7-12/h5-7,11H,8-10H2,1-4H3,(H,18,22)(H,19,21)/p+1. The fourth-order valence-electron chi connectivity index (χ4n) is 2.12. The molecule has 0 aliphatic heterocycles. The van der Waals surface area contributed by atoms with Crippen LogP contribution < -0.4 is 20.3 Å². The van der Waals surface area contributed by atoms with Gasteiger partial charge < -0.3 is 20.3 Å². The highest BCUT2D eigenvalue weighted by Gasteiger charge is 2.13. The molecule has 2 amide bonds. The van der Waals surface area contributed by atoms with Gasteiger partial charge in [0.05, 0.1) is 20.7 Å². The van der Waals surface area contributed by atoms with Crippen molar-refractivity contribution in [1.29, 1.82) is 0 Å². The zero-order valence-corrected chi connectivity index (χ0v) is 14.0. The predicted octanol–water partition coefficient (Wildman–Crippen LogP) is -0.510. The molecule has 23 heavy (non-hydrogen) atoms. The zero-order valence-electron chi connectivity index (χ0n) is 14.0. The molecular weight excluding hydrogens is 301 g/mol. The maximum Gasteiger partial charge on any atom is 0.275 e. The number of halogens is 1. The van der Waals surface area contributed by atoms with Crippen LogP contribution in [0, 0.1) is 5.82 Å². The number of hydrogen-bond donors (Lipinski definition) is 3. The van der Waals surface area contributed by atoms with Crippen LogP contribution in [0.2, 0.25) is 0 Å². The van der Waals surface area contributed by atoms with E-state index in [2.05, 4.69) is 10.6 Å². The van der Waals surface area contributed by atoms with E-state index >= 15 is 0 Å². The van der Waals surface area contributed by atoms with Gasteiger partial charge in [0.25, 0.3) is 5.91 Å². The molecule has 0 aliphatic carbocycles. The number of hydrogen-bond acceptors (Lipinski definition) is 3. The molecule has 0 heterocycles. The van der Waals surface area contributed by atoms with Crippen molar-refractivity contribution in [3.8, 4) is 5.75 Å². The zero-order chi connectivity index (χ0) is 17.4. The summed E-state index contributed by atoms with van der Waals surface area (Å²) in [5.41, 5.74) is 0.770. The summed E-state index contributed by atoms with van der Waals surface area (Å²) in [6.45, 7) is 4.36. The summed E-state index contributed by atoms with van der Waals surface area (Å²) in [4.78, 5) is 24.1. The minimum Gasteiger partial charge on any atom is -0.494 e. The molecule has 1 atom stereocenters. The monoisotopic (exact) mass is 326 g/mol. The van der Waals surface area contributed by atoms with E-state index in [9.17, 15) is 14.0 Å². The van der Waals surface area contributed by atoms with E-state index in [4.69, 9.17) is 4.74 Å². The summed E-state index contributed by atoms with van der Waals surface area (Å²) in [5, 5.41) is 5.26. The van der Waals surface area contributed by atoms with Crippen LogP contribution in [0.25, 0.3) is 0 Å². The third kappa shape index (κ3) is 7.10. The average Bonchev–Trinajstić information content (AvgIpc) is 2.44. The highest BCUT2D eigenvalue weighted by molar-refractivity contribution is 5.85. The summed E-state index contributed by atoms with van der Waals surface area (Å²) >= 11 is 0. The maximum absolute atomic E-state index is 13.6. The minimum absolute atomic E-state index is 0.0395. The molecule has 0 fully saturated rings. The molecule has 0 aromatic heterocycles. The molecule has 6 nitrogen and oxygen atoms in total. The Hall–Kier alpha value is -2.15. The minimum atomic E-state index is -0.424. The third-order valence-corrected chi connectivity index (χ3v) is 3.08. The summed E-state index contributed by atoms with van der Waals surface area (Å²) in [5.74, 6) is -0.675. The Bertz CT molecular complexity index is 549. The SMILES string of the molecule is COc1ccc(C[NH+](C)CC(=O)NCC(=O)NC(C)C)cc1F. The number of carbonyl (C=O) groups excluding carboxylic acids is 2. The number of likely N-dealkylation sites (N-methyl/N-ethyl adjacent to an activating group) is 1. The molecule has 0 saturated heterocycles. The fraction of sp³-hybridized carbons (Fsp3) is 0.500. The number of ether oxygens (including phenoxy) is 1. The Morgan fingerprint density at radius 2 is 2.00 bits per heavy atom. The lowest BCUT2D eigenvalue weighted by Crippen LogP contribution is -3.08. The molecule has 7 heteroatoms. The quantitative estimate of drug-likeness (QED) is 0.603. The number of nitrogens with one attached hydrogen (secondary N) is 3. The van der Waals surface area contributed by atoms with Gasteiger partial charge in [-0.1, -0.05) is 0 Å². The van der Waals surface area contributed by atoms with E-state index in [1.54, 1.807) is 12.1 Å². The largest absolute Gasteiger partial charge is 0.494 e. The highest BCUT2D eigenvalue weighted by atomic mass is 19.1. The number of rotatable bonds is 8. The van der Waals surface area contributed by atoms with Gasteiger partial charge in [-0.15, -0.1) is 0 Å². The van der Waals surface area contributed by atoms with Gasteiger partial charge in [-0.25, -0.2) is 4.39 Å². The van der Waals surface area contributed by atoms with Gasteiger partial charge in [0, 0.05) is 11.6 Å². The topological polar surface area (TPSA) is 71.9 Å². The lowest BCUT2D eigenvalue weighted by Gasteiger charge is -2.15. The second kappa shape index (κ2) is 9.09. The average molecular weight is 326 g/mol. The van der Waals surface area contributed by atoms with Crippen molar-refractivity contribution in [3.63, 3.8) is 0 Å². The molecule has 1 aromatic carbocycles. The van der Waals surface area contributed by atoms with Crippen LogP contribution in [0.1, 0.15) is 19.4 Å². The van der Waals surface area contributed by atoms with Crippen molar-refractivity contribution in [3.05, 3.63) is 29.6 Å². The van der Waals surface area contributed by atoms with Crippen LogP contribution >= 0.6 is 0 Å². The second-order valence-corrected chi connectivity index (χ2v) is 5.78. The van der Waals surface area contributed by atoms with Crippen molar-refractivity contribution < 1.29 is 23.6 Å². The van der Waals surface area contributed by atoms with Crippen molar-refractivity contribution in [1.82, 2.24) is 10.6 Å². The molecule has 0 aliphatic rings. The molecule has 0 bridgehead atoms. The normalized spacial score (nSPS) is 11.9. The number of benzene rings is 1. The Labute approximate surface area is 136 Å². The first-order chi connectivity index (χ1) is 10.8. The van der Waals surface area contributed by atoms with Crippen molar-refractivity contribution in [2.75, 3.05) is 27.2 Å². The van der Waals surface area contributed by atoms with Gasteiger partial charge in [0.15, 0.2) is 18.1 Å². The van der Waals surface area contributed by atoms with Gasteiger partial charge in [-0.3, -0.25) is 9.59 Å². The van der Waals surface area contributed by atoms with Gasteiger partial charge in [-0.2, -0.15) is 0 Å². The second-order valence-electron chi connectivity index (χ2n) is 5.78. The van der Waals surface area contributed by atoms with Crippen LogP contribution in [-0.2, 0) is 16.1 Å². The summed E-state index contributed by atoms with van der Waals surface area (Å²) in [6.07, 6.45) is 0. The van der Waals surface area contributed by atoms with Crippen molar-refractivity contribution >= 4 is 11.8 Å². The van der Waals surface area contributed by atoms with E-state index in [1.807, 2.05) is 20.9 Å². The van der Waals surface area contributed by atoms with E-state index in [0.29, 0.717) is 6.54 Å². The maximum atomic E-state index is 13.6.